The van der Waals surface area contributed by atoms with Gasteiger partial charge in [0.05, 0.1) is 5.56 Å². The molecule has 9 heteroatoms. The molecular weight excluding hydrogens is 575 g/mol. The maximum absolute atomic E-state index is 14.4. The first kappa shape index (κ1) is 30.6. The number of benzene rings is 3. The number of alkyl halides is 3. The van der Waals surface area contributed by atoms with Gasteiger partial charge in [0.2, 0.25) is 5.91 Å². The maximum atomic E-state index is 14.4. The lowest BCUT2D eigenvalue weighted by molar-refractivity contribution is -0.138. The zero-order valence-electron chi connectivity index (χ0n) is 25.0. The average Bonchev–Trinajstić information content (AvgIpc) is 3.35. The molecule has 1 unspecified atom stereocenters. The Labute approximate surface area is 254 Å². The first-order valence-electron chi connectivity index (χ1n) is 15.3. The lowest BCUT2D eigenvalue weighted by Gasteiger charge is -2.47. The minimum Gasteiger partial charge on any atom is -0.489 e. The van der Waals surface area contributed by atoms with Crippen molar-refractivity contribution in [2.45, 2.75) is 70.2 Å². The number of amides is 1. The van der Waals surface area contributed by atoms with Gasteiger partial charge in [-0.3, -0.25) is 9.69 Å². The molecule has 0 bridgehead atoms. The highest BCUT2D eigenvalue weighted by Gasteiger charge is 2.53. The van der Waals surface area contributed by atoms with Crippen molar-refractivity contribution in [3.8, 4) is 5.75 Å². The van der Waals surface area contributed by atoms with Crippen LogP contribution in [-0.2, 0) is 29.4 Å². The minimum absolute atomic E-state index is 0.0742. The van der Waals surface area contributed by atoms with Crippen LogP contribution in [0.2, 0.25) is 0 Å². The summed E-state index contributed by atoms with van der Waals surface area (Å²) in [5, 5.41) is 0. The fourth-order valence-electron chi connectivity index (χ4n) is 7.86. The van der Waals surface area contributed by atoms with Crippen molar-refractivity contribution in [3.05, 3.63) is 100 Å². The molecule has 3 aromatic rings. The Bertz CT molecular complexity index is 1530. The molecule has 44 heavy (non-hydrogen) atoms. The number of likely N-dealkylation sites (tertiary alicyclic amines) is 2. The summed E-state index contributed by atoms with van der Waals surface area (Å²) in [6, 6.07) is 15.4. The van der Waals surface area contributed by atoms with Crippen LogP contribution in [0.15, 0.2) is 60.7 Å². The van der Waals surface area contributed by atoms with Gasteiger partial charge in [-0.15, -0.1) is 0 Å². The quantitative estimate of drug-likeness (QED) is 0.270. The summed E-state index contributed by atoms with van der Waals surface area (Å²) in [5.74, 6) is -0.757. The number of carbonyl (C=O) groups excluding carboxylic acids is 1. The Balaban J connectivity index is 1.29. The van der Waals surface area contributed by atoms with Crippen LogP contribution in [0, 0.1) is 17.0 Å². The Morgan fingerprint density at radius 3 is 2.39 bits per heavy atom. The molecule has 2 fully saturated rings. The molecule has 6 rings (SSSR count). The first-order chi connectivity index (χ1) is 20.9. The van der Waals surface area contributed by atoms with Gasteiger partial charge < -0.3 is 9.64 Å². The van der Waals surface area contributed by atoms with Crippen LogP contribution in [0.4, 0.5) is 22.0 Å². The van der Waals surface area contributed by atoms with Crippen molar-refractivity contribution < 1.29 is 31.5 Å². The number of halogens is 5. The zero-order valence-corrected chi connectivity index (χ0v) is 25.0. The second-order valence-electron chi connectivity index (χ2n) is 12.9. The van der Waals surface area contributed by atoms with Crippen LogP contribution in [-0.4, -0.2) is 47.9 Å². The molecule has 234 valence electrons. The number of ether oxygens (including phenoxy) is 1. The summed E-state index contributed by atoms with van der Waals surface area (Å²) in [5.41, 5.74) is 1.33. The van der Waals surface area contributed by atoms with Gasteiger partial charge in [-0.05, 0) is 97.2 Å². The fourth-order valence-corrected chi connectivity index (χ4v) is 7.86. The van der Waals surface area contributed by atoms with Crippen molar-refractivity contribution in [2.24, 2.45) is 5.41 Å². The number of rotatable bonds is 6. The number of aryl methyl sites for hydroxylation is 1. The van der Waals surface area contributed by atoms with E-state index in [9.17, 15) is 26.7 Å². The monoisotopic (exact) mass is 612 g/mol. The molecule has 2 aliphatic heterocycles. The van der Waals surface area contributed by atoms with E-state index in [1.54, 1.807) is 13.0 Å². The van der Waals surface area contributed by atoms with E-state index in [-0.39, 0.29) is 28.6 Å². The first-order valence-corrected chi connectivity index (χ1v) is 15.3. The molecule has 1 amide bonds. The van der Waals surface area contributed by atoms with Crippen molar-refractivity contribution in [2.75, 3.05) is 26.2 Å². The third-order valence-corrected chi connectivity index (χ3v) is 10.2. The van der Waals surface area contributed by atoms with E-state index < -0.39 is 29.7 Å². The van der Waals surface area contributed by atoms with Crippen LogP contribution < -0.4 is 4.74 Å². The molecular formula is C35H37F5N2O2. The molecule has 0 radical (unpaired) electrons. The SMILES string of the molecule is CC(=O)N1CCC(C)(CN2CCC3(c4ccc(F)cc4)c4ccc(OCc5c(F)cccc5C(F)(F)F)cc4CC[C@@H]23)CC1. The maximum Gasteiger partial charge on any atom is 0.416 e. The Morgan fingerprint density at radius 1 is 0.977 bits per heavy atom. The molecule has 2 atom stereocenters. The second kappa shape index (κ2) is 11.5. The minimum atomic E-state index is -4.69. The lowest BCUT2D eigenvalue weighted by atomic mass is 9.63. The Hall–Kier alpha value is -3.46. The highest BCUT2D eigenvalue weighted by atomic mass is 19.4. The molecule has 2 heterocycles. The number of nitrogens with zero attached hydrogens (tertiary/aromatic N) is 2. The summed E-state index contributed by atoms with van der Waals surface area (Å²) in [7, 11) is 0. The molecule has 3 aromatic carbocycles. The van der Waals surface area contributed by atoms with Gasteiger partial charge in [-0.1, -0.05) is 31.2 Å². The van der Waals surface area contributed by atoms with E-state index >= 15 is 0 Å². The van der Waals surface area contributed by atoms with Crippen LogP contribution in [0.3, 0.4) is 0 Å². The van der Waals surface area contributed by atoms with Gasteiger partial charge in [0.15, 0.2) is 0 Å². The van der Waals surface area contributed by atoms with Crippen LogP contribution >= 0.6 is 0 Å². The molecule has 0 N–H and O–H groups in total. The molecule has 0 spiro atoms. The van der Waals surface area contributed by atoms with E-state index in [2.05, 4.69) is 11.8 Å². The number of carbonyl (C=O) groups is 1. The van der Waals surface area contributed by atoms with Crippen molar-refractivity contribution in [1.29, 1.82) is 0 Å². The predicted octanol–water partition coefficient (Wildman–Crippen LogP) is 7.52. The number of fused-ring (bicyclic) bond motifs is 3. The van der Waals surface area contributed by atoms with Gasteiger partial charge in [0.1, 0.15) is 24.0 Å². The summed E-state index contributed by atoms with van der Waals surface area (Å²) in [4.78, 5) is 16.4. The summed E-state index contributed by atoms with van der Waals surface area (Å²) >= 11 is 0. The highest BCUT2D eigenvalue weighted by molar-refractivity contribution is 5.73. The molecule has 2 saturated heterocycles. The van der Waals surface area contributed by atoms with Crippen LogP contribution in [0.5, 0.6) is 5.75 Å². The Kier molecular flexibility index (Phi) is 7.97. The summed E-state index contributed by atoms with van der Waals surface area (Å²) in [6.07, 6.45) is -0.364. The zero-order chi connectivity index (χ0) is 31.3. The van der Waals surface area contributed by atoms with Gasteiger partial charge in [-0.2, -0.15) is 13.2 Å². The average molecular weight is 613 g/mol. The van der Waals surface area contributed by atoms with E-state index in [4.69, 9.17) is 4.74 Å². The topological polar surface area (TPSA) is 32.8 Å². The van der Waals surface area contributed by atoms with Gasteiger partial charge in [0, 0.05) is 43.6 Å². The smallest absolute Gasteiger partial charge is 0.416 e. The highest BCUT2D eigenvalue weighted by Crippen LogP contribution is 2.52. The van der Waals surface area contributed by atoms with Gasteiger partial charge >= 0.3 is 6.18 Å². The second-order valence-corrected chi connectivity index (χ2v) is 12.9. The predicted molar refractivity (Wildman–Crippen MR) is 157 cm³/mol. The lowest BCUT2D eigenvalue weighted by Crippen LogP contribution is -2.51. The van der Waals surface area contributed by atoms with E-state index in [0.29, 0.717) is 5.75 Å². The van der Waals surface area contributed by atoms with Crippen molar-refractivity contribution >= 4 is 5.91 Å². The fraction of sp³-hybridized carbons (Fsp3) is 0.457. The Morgan fingerprint density at radius 2 is 1.70 bits per heavy atom. The van der Waals surface area contributed by atoms with E-state index in [1.165, 1.54) is 12.1 Å². The van der Waals surface area contributed by atoms with Crippen LogP contribution in [0.1, 0.15) is 67.3 Å². The molecule has 0 aromatic heterocycles. The normalized spacial score (nSPS) is 23.2. The van der Waals surface area contributed by atoms with Crippen molar-refractivity contribution in [1.82, 2.24) is 9.80 Å². The molecule has 4 nitrogen and oxygen atoms in total. The van der Waals surface area contributed by atoms with Crippen LogP contribution in [0.25, 0.3) is 0 Å². The number of hydrogen-bond acceptors (Lipinski definition) is 3. The molecule has 0 saturated carbocycles. The third kappa shape index (κ3) is 5.59. The van der Waals surface area contributed by atoms with Crippen molar-refractivity contribution in [3.63, 3.8) is 0 Å². The summed E-state index contributed by atoms with van der Waals surface area (Å²) in [6.45, 7) is 6.69. The van der Waals surface area contributed by atoms with E-state index in [1.807, 2.05) is 29.2 Å². The molecule has 3 aliphatic rings. The van der Waals surface area contributed by atoms with E-state index in [0.717, 1.165) is 93.2 Å². The largest absolute Gasteiger partial charge is 0.489 e. The van der Waals surface area contributed by atoms with Gasteiger partial charge in [-0.25, -0.2) is 8.78 Å². The standard InChI is InChI=1S/C35H37F5N2O2/c1-23(43)41-17-14-33(2,15-18-41)22-42-19-16-34(25-7-9-26(36)10-8-25)29-12-11-27(20-24(29)6-13-32(34)42)44-21-28-30(35(38,39)40)4-3-5-31(28)37/h3-5,7-12,20,32H,6,13-19,21-22H2,1-2H3/t32-,34?/m1/s1. The third-order valence-electron chi connectivity index (χ3n) is 10.2. The number of hydrogen-bond donors (Lipinski definition) is 0. The van der Waals surface area contributed by atoms with Gasteiger partial charge in [0.25, 0.3) is 0 Å². The number of piperidine rings is 1. The summed E-state index contributed by atoms with van der Waals surface area (Å²) < 4.78 is 74.8. The molecule has 1 aliphatic carbocycles.